The fraction of sp³-hybridized carbons (Fsp3) is 0.440. The van der Waals surface area contributed by atoms with Crippen molar-refractivity contribution in [3.05, 3.63) is 65.2 Å². The molecule has 0 saturated carbocycles. The van der Waals surface area contributed by atoms with Crippen LogP contribution in [0.1, 0.15) is 23.1 Å². The van der Waals surface area contributed by atoms with E-state index in [1.54, 1.807) is 14.2 Å². The number of benzene rings is 2. The molecule has 2 aromatic carbocycles. The average molecular weight is 550 g/mol. The summed E-state index contributed by atoms with van der Waals surface area (Å²) in [5.74, 6) is 2.23. The molecule has 2 N–H and O–H groups in total. The maximum atomic E-state index is 12.4. The Morgan fingerprint density at radius 1 is 1.16 bits per heavy atom. The largest absolute Gasteiger partial charge is 0.496 e. The van der Waals surface area contributed by atoms with Crippen LogP contribution in [0.4, 0.5) is 0 Å². The van der Waals surface area contributed by atoms with Crippen LogP contribution in [0.25, 0.3) is 0 Å². The molecular weight excluding hydrogens is 515 g/mol. The molecule has 6 nitrogen and oxygen atoms in total. The maximum Gasteiger partial charge on any atom is 0.223 e. The van der Waals surface area contributed by atoms with Crippen LogP contribution in [0.15, 0.2) is 53.5 Å². The minimum atomic E-state index is 0. The van der Waals surface area contributed by atoms with Crippen LogP contribution in [0.2, 0.25) is 0 Å². The number of nitrogens with one attached hydrogen (secondary N) is 2. The average Bonchev–Trinajstić information content (AvgIpc) is 3.15. The first-order chi connectivity index (χ1) is 15.1. The smallest absolute Gasteiger partial charge is 0.223 e. The minimum absolute atomic E-state index is 0. The molecule has 1 unspecified atom stereocenters. The maximum absolute atomic E-state index is 12.4. The van der Waals surface area contributed by atoms with Gasteiger partial charge in [0.15, 0.2) is 5.96 Å². The van der Waals surface area contributed by atoms with E-state index in [0.29, 0.717) is 12.3 Å². The number of aryl methyl sites for hydroxylation is 1. The highest BCUT2D eigenvalue weighted by Crippen LogP contribution is 2.20. The monoisotopic (exact) mass is 550 g/mol. The highest BCUT2D eigenvalue weighted by atomic mass is 127. The van der Waals surface area contributed by atoms with Crippen LogP contribution in [-0.2, 0) is 17.6 Å². The van der Waals surface area contributed by atoms with E-state index < -0.39 is 0 Å². The second-order valence-corrected chi connectivity index (χ2v) is 8.09. The van der Waals surface area contributed by atoms with Crippen LogP contribution in [0.5, 0.6) is 5.75 Å². The van der Waals surface area contributed by atoms with Gasteiger partial charge in [0.2, 0.25) is 5.91 Å². The van der Waals surface area contributed by atoms with Crippen LogP contribution >= 0.6 is 24.0 Å². The van der Waals surface area contributed by atoms with E-state index in [1.807, 2.05) is 29.2 Å². The summed E-state index contributed by atoms with van der Waals surface area (Å²) < 4.78 is 5.46. The van der Waals surface area contributed by atoms with E-state index in [4.69, 9.17) is 4.74 Å². The Hall–Kier alpha value is -2.29. The summed E-state index contributed by atoms with van der Waals surface area (Å²) in [5, 5.41) is 6.75. The van der Waals surface area contributed by atoms with Gasteiger partial charge in [-0.05, 0) is 37.0 Å². The number of methoxy groups -OCH3 is 1. The van der Waals surface area contributed by atoms with Crippen molar-refractivity contribution in [3.8, 4) is 5.75 Å². The number of ether oxygens (including phenoxy) is 1. The summed E-state index contributed by atoms with van der Waals surface area (Å²) in [4.78, 5) is 18.7. The van der Waals surface area contributed by atoms with Crippen molar-refractivity contribution in [2.75, 3.05) is 40.3 Å². The SMILES string of the molecule is CN=C(NCCc1cc(C)ccc1OC)NCC1CC(=O)N(CCc2ccccc2)C1.I. The Morgan fingerprint density at radius 2 is 1.94 bits per heavy atom. The van der Waals surface area contributed by atoms with Gasteiger partial charge in [0.05, 0.1) is 7.11 Å². The quantitative estimate of drug-likeness (QED) is 0.286. The minimum Gasteiger partial charge on any atom is -0.496 e. The number of guanidine groups is 1. The summed E-state index contributed by atoms with van der Waals surface area (Å²) in [6.07, 6.45) is 2.35. The van der Waals surface area contributed by atoms with Gasteiger partial charge in [-0.3, -0.25) is 9.79 Å². The van der Waals surface area contributed by atoms with E-state index in [-0.39, 0.29) is 29.9 Å². The first-order valence-electron chi connectivity index (χ1n) is 11.0. The molecule has 1 amide bonds. The van der Waals surface area contributed by atoms with Crippen LogP contribution < -0.4 is 15.4 Å². The van der Waals surface area contributed by atoms with Gasteiger partial charge < -0.3 is 20.3 Å². The Balaban J connectivity index is 0.00000363. The van der Waals surface area contributed by atoms with Crippen LogP contribution in [0.3, 0.4) is 0 Å². The lowest BCUT2D eigenvalue weighted by molar-refractivity contribution is -0.127. The van der Waals surface area contributed by atoms with Gasteiger partial charge in [-0.2, -0.15) is 0 Å². The number of hydrogen-bond donors (Lipinski definition) is 2. The van der Waals surface area contributed by atoms with Crippen molar-refractivity contribution in [1.29, 1.82) is 0 Å². The molecule has 174 valence electrons. The molecule has 0 bridgehead atoms. The van der Waals surface area contributed by atoms with Crippen molar-refractivity contribution in [2.24, 2.45) is 10.9 Å². The number of halogens is 1. The zero-order valence-corrected chi connectivity index (χ0v) is 21.6. The fourth-order valence-electron chi connectivity index (χ4n) is 4.00. The highest BCUT2D eigenvalue weighted by Gasteiger charge is 2.29. The molecule has 1 fully saturated rings. The molecule has 1 heterocycles. The van der Waals surface area contributed by atoms with Gasteiger partial charge in [0, 0.05) is 45.6 Å². The van der Waals surface area contributed by atoms with E-state index in [9.17, 15) is 4.79 Å². The molecule has 0 spiro atoms. The van der Waals surface area contributed by atoms with E-state index in [1.165, 1.54) is 16.7 Å². The van der Waals surface area contributed by atoms with E-state index in [0.717, 1.165) is 50.7 Å². The topological polar surface area (TPSA) is 66.0 Å². The van der Waals surface area contributed by atoms with Gasteiger partial charge in [-0.15, -0.1) is 24.0 Å². The third-order valence-electron chi connectivity index (χ3n) is 5.71. The van der Waals surface area contributed by atoms with Gasteiger partial charge in [-0.1, -0.05) is 48.0 Å². The molecule has 0 aliphatic carbocycles. The van der Waals surface area contributed by atoms with Crippen molar-refractivity contribution in [1.82, 2.24) is 15.5 Å². The molecule has 32 heavy (non-hydrogen) atoms. The van der Waals surface area contributed by atoms with Crippen molar-refractivity contribution >= 4 is 35.8 Å². The Labute approximate surface area is 208 Å². The molecule has 1 aliphatic rings. The number of carbonyl (C=O) groups is 1. The zero-order chi connectivity index (χ0) is 22.1. The number of carbonyl (C=O) groups excluding carboxylic acids is 1. The number of nitrogens with zero attached hydrogens (tertiary/aromatic N) is 2. The number of likely N-dealkylation sites (tertiary alicyclic amines) is 1. The molecule has 1 atom stereocenters. The molecule has 0 aromatic heterocycles. The van der Waals surface area contributed by atoms with Crippen LogP contribution in [-0.4, -0.2) is 57.1 Å². The molecule has 7 heteroatoms. The van der Waals surface area contributed by atoms with Gasteiger partial charge in [0.25, 0.3) is 0 Å². The fourth-order valence-corrected chi connectivity index (χ4v) is 4.00. The highest BCUT2D eigenvalue weighted by molar-refractivity contribution is 14.0. The van der Waals surface area contributed by atoms with Crippen molar-refractivity contribution < 1.29 is 9.53 Å². The predicted molar refractivity (Wildman–Crippen MR) is 141 cm³/mol. The van der Waals surface area contributed by atoms with E-state index in [2.05, 4.69) is 46.8 Å². The molecule has 1 aliphatic heterocycles. The third-order valence-corrected chi connectivity index (χ3v) is 5.71. The number of amides is 1. The lowest BCUT2D eigenvalue weighted by Gasteiger charge is -2.18. The lowest BCUT2D eigenvalue weighted by Crippen LogP contribution is -2.41. The summed E-state index contributed by atoms with van der Waals surface area (Å²) in [6.45, 7) is 5.16. The lowest BCUT2D eigenvalue weighted by atomic mass is 10.1. The normalized spacial score (nSPS) is 16.0. The first kappa shape index (κ1) is 26.0. The van der Waals surface area contributed by atoms with Crippen LogP contribution in [0, 0.1) is 12.8 Å². The number of hydrogen-bond acceptors (Lipinski definition) is 3. The molecule has 3 rings (SSSR count). The van der Waals surface area contributed by atoms with Gasteiger partial charge in [-0.25, -0.2) is 0 Å². The van der Waals surface area contributed by atoms with Crippen molar-refractivity contribution in [2.45, 2.75) is 26.2 Å². The Morgan fingerprint density at radius 3 is 2.66 bits per heavy atom. The third kappa shape index (κ3) is 7.69. The summed E-state index contributed by atoms with van der Waals surface area (Å²) in [7, 11) is 3.47. The summed E-state index contributed by atoms with van der Waals surface area (Å²) in [6, 6.07) is 16.6. The predicted octanol–water partition coefficient (Wildman–Crippen LogP) is 3.42. The second kappa shape index (κ2) is 13.3. The van der Waals surface area contributed by atoms with E-state index >= 15 is 0 Å². The molecule has 1 saturated heterocycles. The molecule has 0 radical (unpaired) electrons. The Kier molecular flexibility index (Phi) is 10.8. The second-order valence-electron chi connectivity index (χ2n) is 8.09. The summed E-state index contributed by atoms with van der Waals surface area (Å²) >= 11 is 0. The van der Waals surface area contributed by atoms with Crippen molar-refractivity contribution in [3.63, 3.8) is 0 Å². The first-order valence-corrected chi connectivity index (χ1v) is 11.0. The van der Waals surface area contributed by atoms with Gasteiger partial charge in [0.1, 0.15) is 5.75 Å². The molecule has 2 aromatic rings. The standard InChI is InChI=1S/C25H34N4O2.HI/c1-19-9-10-23(31-3)22(15-19)11-13-27-25(26-2)28-17-21-16-24(30)29(18-21)14-12-20-7-5-4-6-8-20;/h4-10,15,21H,11-14,16-18H2,1-3H3,(H2,26,27,28);1H. The number of aliphatic imine (C=N–C) groups is 1. The number of rotatable bonds is 9. The Bertz CT molecular complexity index is 889. The molecular formula is C25H35IN4O2. The zero-order valence-electron chi connectivity index (χ0n) is 19.3. The summed E-state index contributed by atoms with van der Waals surface area (Å²) in [5.41, 5.74) is 3.67. The van der Waals surface area contributed by atoms with Gasteiger partial charge >= 0.3 is 0 Å².